The number of rotatable bonds is 13. The smallest absolute Gasteiger partial charge is 0.200 e. The molecule has 0 atom stereocenters. The quantitative estimate of drug-likeness (QED) is 0.0550. The van der Waals surface area contributed by atoms with E-state index in [-0.39, 0.29) is 16.6 Å². The molecule has 0 saturated carbocycles. The van der Waals surface area contributed by atoms with E-state index in [2.05, 4.69) is 30.7 Å². The number of fused-ring (bicyclic) bond motifs is 8. The van der Waals surface area contributed by atoms with Crippen molar-refractivity contribution in [1.29, 1.82) is 0 Å². The summed E-state index contributed by atoms with van der Waals surface area (Å²) in [5.74, 6) is -9.98. The van der Waals surface area contributed by atoms with Crippen molar-refractivity contribution in [2.45, 2.75) is 97.8 Å². The van der Waals surface area contributed by atoms with Gasteiger partial charge in [-0.25, -0.2) is 31.9 Å². The van der Waals surface area contributed by atoms with E-state index in [1.807, 2.05) is 24.3 Å². The first-order valence-corrected chi connectivity index (χ1v) is 17.9. The van der Waals surface area contributed by atoms with Crippen LogP contribution >= 0.6 is 0 Å². The van der Waals surface area contributed by atoms with E-state index in [1.54, 1.807) is 24.3 Å². The Morgan fingerprint density at radius 1 is 0.420 bits per heavy atom. The molecule has 0 amide bonds. The Bertz CT molecular complexity index is 1980. The standard InChI is InChI=1S/C41H43F5N4/c1-4-7-10-13-24-27-16-18-29(47-27)25(14-11-8-5-2)31-20-22-33(49-31)35(36-37(42)39(44)41(46)40(45)38(36)43)34-23-21-32(50-34)26(15-12-9-6-3)30-19-17-28(24)48-30/h16-23,49-50H,4-15H2,1-3H3. The largest absolute Gasteiger partial charge is 0.355 e. The van der Waals surface area contributed by atoms with Crippen LogP contribution in [0, 0.1) is 29.1 Å². The molecule has 8 bridgehead atoms. The SMILES string of the molecule is CCCCCc1c2nc(c(CCCCC)c3ccc([nH]3)c(-c3c(F)c(F)c(F)c(F)c3F)c3ccc([nH]3)c(CCCCC)c3nc1C=C3)C=C2. The zero-order valence-electron chi connectivity index (χ0n) is 28.9. The number of benzene rings is 1. The molecule has 0 fully saturated rings. The van der Waals surface area contributed by atoms with E-state index in [0.717, 1.165) is 104 Å². The number of unbranched alkanes of at least 4 members (excludes halogenated alkanes) is 6. The Labute approximate surface area is 289 Å². The highest BCUT2D eigenvalue weighted by Gasteiger charge is 2.28. The highest BCUT2D eigenvalue weighted by atomic mass is 19.2. The van der Waals surface area contributed by atoms with E-state index in [9.17, 15) is 13.2 Å². The highest BCUT2D eigenvalue weighted by Crippen LogP contribution is 2.37. The van der Waals surface area contributed by atoms with Crippen LogP contribution in [0.4, 0.5) is 22.0 Å². The van der Waals surface area contributed by atoms with Gasteiger partial charge >= 0.3 is 0 Å². The summed E-state index contributed by atoms with van der Waals surface area (Å²) in [5.41, 5.74) is 6.71. The summed E-state index contributed by atoms with van der Waals surface area (Å²) in [6.45, 7) is 6.42. The summed E-state index contributed by atoms with van der Waals surface area (Å²) in [4.78, 5) is 16.9. The molecule has 3 aromatic heterocycles. The molecule has 1 aromatic carbocycles. The zero-order chi connectivity index (χ0) is 35.4. The van der Waals surface area contributed by atoms with Gasteiger partial charge in [-0.3, -0.25) is 0 Å². The van der Waals surface area contributed by atoms with Gasteiger partial charge in [0.25, 0.3) is 0 Å². The minimum Gasteiger partial charge on any atom is -0.355 e. The summed E-state index contributed by atoms with van der Waals surface area (Å²) in [6.07, 6.45) is 19.2. The number of H-pyrrole nitrogens is 2. The number of hydrogen-bond donors (Lipinski definition) is 2. The third-order valence-electron chi connectivity index (χ3n) is 9.63. The van der Waals surface area contributed by atoms with Crippen molar-refractivity contribution >= 4 is 46.4 Å². The van der Waals surface area contributed by atoms with Gasteiger partial charge in [0.15, 0.2) is 23.3 Å². The van der Waals surface area contributed by atoms with E-state index in [4.69, 9.17) is 9.97 Å². The molecule has 4 nitrogen and oxygen atoms in total. The molecule has 6 rings (SSSR count). The second kappa shape index (κ2) is 15.6. The molecule has 0 unspecified atom stereocenters. The minimum atomic E-state index is -2.20. The van der Waals surface area contributed by atoms with Crippen molar-refractivity contribution in [2.24, 2.45) is 0 Å². The van der Waals surface area contributed by atoms with Crippen LogP contribution < -0.4 is 0 Å². The lowest BCUT2D eigenvalue weighted by molar-refractivity contribution is 0.381. The van der Waals surface area contributed by atoms with Gasteiger partial charge in [0.2, 0.25) is 5.82 Å². The van der Waals surface area contributed by atoms with Crippen molar-refractivity contribution in [3.05, 3.63) is 92.8 Å². The first-order chi connectivity index (χ1) is 24.3. The van der Waals surface area contributed by atoms with Crippen molar-refractivity contribution in [1.82, 2.24) is 19.9 Å². The Hall–Kier alpha value is -4.53. The van der Waals surface area contributed by atoms with Crippen LogP contribution in [0.1, 0.15) is 118 Å². The molecule has 262 valence electrons. The molecule has 4 aromatic rings. The molecular formula is C41H43F5N4. The fourth-order valence-corrected chi connectivity index (χ4v) is 6.91. The minimum absolute atomic E-state index is 0.165. The van der Waals surface area contributed by atoms with Crippen LogP contribution in [0.3, 0.4) is 0 Å². The molecule has 2 aliphatic rings. The van der Waals surface area contributed by atoms with E-state index >= 15 is 8.78 Å². The molecule has 2 aliphatic heterocycles. The van der Waals surface area contributed by atoms with Crippen LogP contribution in [0.15, 0.2) is 24.3 Å². The molecule has 0 saturated heterocycles. The van der Waals surface area contributed by atoms with Crippen LogP contribution in [-0.4, -0.2) is 19.9 Å². The first kappa shape index (κ1) is 35.3. The Balaban J connectivity index is 1.76. The van der Waals surface area contributed by atoms with Crippen LogP contribution in [0.25, 0.3) is 57.5 Å². The van der Waals surface area contributed by atoms with Crippen molar-refractivity contribution in [3.8, 4) is 11.1 Å². The molecular weight excluding hydrogens is 643 g/mol. The molecule has 5 heterocycles. The molecule has 0 radical (unpaired) electrons. The maximum Gasteiger partial charge on any atom is 0.200 e. The van der Waals surface area contributed by atoms with Gasteiger partial charge in [-0.15, -0.1) is 0 Å². The van der Waals surface area contributed by atoms with Gasteiger partial charge in [-0.2, -0.15) is 0 Å². The Morgan fingerprint density at radius 2 is 0.760 bits per heavy atom. The van der Waals surface area contributed by atoms with Gasteiger partial charge in [0, 0.05) is 44.3 Å². The van der Waals surface area contributed by atoms with Crippen LogP contribution in [-0.2, 0) is 19.3 Å². The summed E-state index contributed by atoms with van der Waals surface area (Å²) in [7, 11) is 0. The number of aromatic nitrogens is 4. The number of nitrogens with zero attached hydrogens (tertiary/aromatic N) is 2. The van der Waals surface area contributed by atoms with Crippen LogP contribution in [0.2, 0.25) is 0 Å². The second-order valence-electron chi connectivity index (χ2n) is 13.1. The summed E-state index contributed by atoms with van der Waals surface area (Å²) < 4.78 is 74.9. The summed E-state index contributed by atoms with van der Waals surface area (Å²) in [5, 5.41) is 0. The molecule has 9 heteroatoms. The molecule has 50 heavy (non-hydrogen) atoms. The van der Waals surface area contributed by atoms with Gasteiger partial charge in [-0.1, -0.05) is 59.3 Å². The van der Waals surface area contributed by atoms with Gasteiger partial charge < -0.3 is 9.97 Å². The highest BCUT2D eigenvalue weighted by molar-refractivity contribution is 5.95. The second-order valence-corrected chi connectivity index (χ2v) is 13.1. The van der Waals surface area contributed by atoms with Crippen molar-refractivity contribution in [3.63, 3.8) is 0 Å². The van der Waals surface area contributed by atoms with Crippen molar-refractivity contribution in [2.75, 3.05) is 0 Å². The van der Waals surface area contributed by atoms with Gasteiger partial charge in [-0.05, 0) is 87.1 Å². The maximum absolute atomic E-state index is 15.6. The lowest BCUT2D eigenvalue weighted by Crippen LogP contribution is -2.04. The summed E-state index contributed by atoms with van der Waals surface area (Å²) in [6, 6.07) is 6.84. The van der Waals surface area contributed by atoms with Crippen LogP contribution in [0.5, 0.6) is 0 Å². The molecule has 0 aliphatic carbocycles. The predicted molar refractivity (Wildman–Crippen MR) is 194 cm³/mol. The Kier molecular flexibility index (Phi) is 11.0. The fourth-order valence-electron chi connectivity index (χ4n) is 6.91. The van der Waals surface area contributed by atoms with Crippen molar-refractivity contribution < 1.29 is 22.0 Å². The number of halogens is 5. The van der Waals surface area contributed by atoms with E-state index in [0.29, 0.717) is 23.9 Å². The number of nitrogens with one attached hydrogen (secondary N) is 2. The topological polar surface area (TPSA) is 57.4 Å². The van der Waals surface area contributed by atoms with Gasteiger partial charge in [0.1, 0.15) is 0 Å². The molecule has 2 N–H and O–H groups in total. The summed E-state index contributed by atoms with van der Waals surface area (Å²) >= 11 is 0. The zero-order valence-corrected chi connectivity index (χ0v) is 28.9. The molecule has 0 spiro atoms. The third-order valence-corrected chi connectivity index (χ3v) is 9.63. The normalized spacial score (nSPS) is 12.4. The Morgan fingerprint density at radius 3 is 1.16 bits per heavy atom. The van der Waals surface area contributed by atoms with E-state index < -0.39 is 34.6 Å². The number of hydrogen-bond acceptors (Lipinski definition) is 2. The lowest BCUT2D eigenvalue weighted by Gasteiger charge is -2.09. The first-order valence-electron chi connectivity index (χ1n) is 17.9. The van der Waals surface area contributed by atoms with E-state index in [1.165, 1.54) is 0 Å². The average Bonchev–Trinajstić information content (AvgIpc) is 3.95. The predicted octanol–water partition coefficient (Wildman–Crippen LogP) is 12.2. The monoisotopic (exact) mass is 686 g/mol. The maximum atomic E-state index is 15.6. The van der Waals surface area contributed by atoms with Gasteiger partial charge in [0.05, 0.1) is 28.3 Å². The lowest BCUT2D eigenvalue weighted by atomic mass is 10.0. The fraction of sp³-hybridized carbons (Fsp3) is 0.366. The number of aryl methyl sites for hydroxylation is 2. The third kappa shape index (κ3) is 6.92. The number of aromatic amines is 2. The average molecular weight is 687 g/mol.